The van der Waals surface area contributed by atoms with Crippen molar-refractivity contribution in [1.82, 2.24) is 0 Å². The topological polar surface area (TPSA) is 80.4 Å². The molecule has 4 nitrogen and oxygen atoms in total. The van der Waals surface area contributed by atoms with Gasteiger partial charge >= 0.3 is 5.97 Å². The van der Waals surface area contributed by atoms with Gasteiger partial charge in [-0.15, -0.1) is 0 Å². The van der Waals surface area contributed by atoms with E-state index in [1.807, 2.05) is 0 Å². The summed E-state index contributed by atoms with van der Waals surface area (Å²) in [5, 5.41) is 8.14. The quantitative estimate of drug-likeness (QED) is 0.468. The summed E-state index contributed by atoms with van der Waals surface area (Å²) in [6.07, 6.45) is 4.02. The summed E-state index contributed by atoms with van der Waals surface area (Å²) in [5.41, 5.74) is 6.49. The molecule has 0 aromatic heterocycles. The predicted molar refractivity (Wildman–Crippen MR) is 68.0 cm³/mol. The molecule has 0 fully saturated rings. The maximum atomic E-state index is 10.1. The summed E-state index contributed by atoms with van der Waals surface area (Å²) < 4.78 is 0. The van der Waals surface area contributed by atoms with E-state index >= 15 is 0 Å². The van der Waals surface area contributed by atoms with Crippen LogP contribution in [0.5, 0.6) is 0 Å². The zero-order valence-electron chi connectivity index (χ0n) is 10.1. The molecule has 0 saturated carbocycles. The number of rotatable bonds is 5. The largest absolute Gasteiger partial charge is 0.481 e. The van der Waals surface area contributed by atoms with Crippen molar-refractivity contribution in [3.63, 3.8) is 0 Å². The average molecular weight is 237 g/mol. The van der Waals surface area contributed by atoms with Crippen LogP contribution < -0.4 is 5.73 Å². The third-order valence-corrected chi connectivity index (χ3v) is 2.12. The number of carbonyl (C=O) groups is 2. The molecule has 1 aromatic carbocycles. The second kappa shape index (κ2) is 9.39. The zero-order valence-corrected chi connectivity index (χ0v) is 10.1. The highest BCUT2D eigenvalue weighted by atomic mass is 16.4. The van der Waals surface area contributed by atoms with Crippen LogP contribution in [0.4, 0.5) is 5.69 Å². The molecule has 1 rings (SSSR count). The van der Waals surface area contributed by atoms with Crippen LogP contribution in [0.2, 0.25) is 0 Å². The highest BCUT2D eigenvalue weighted by Crippen LogP contribution is 2.05. The van der Waals surface area contributed by atoms with E-state index in [1.54, 1.807) is 24.3 Å². The van der Waals surface area contributed by atoms with Crippen molar-refractivity contribution in [3.8, 4) is 0 Å². The van der Waals surface area contributed by atoms with E-state index in [-0.39, 0.29) is 0 Å². The van der Waals surface area contributed by atoms with Gasteiger partial charge in [0.15, 0.2) is 6.29 Å². The first-order valence-corrected chi connectivity index (χ1v) is 5.63. The van der Waals surface area contributed by atoms with Crippen LogP contribution in [-0.2, 0) is 4.79 Å². The predicted octanol–water partition coefficient (Wildman–Crippen LogP) is 2.73. The normalized spacial score (nSPS) is 9.00. The molecule has 0 unspecified atom stereocenters. The number of carboxylic acid groups (broad SMARTS) is 1. The molecule has 94 valence electrons. The number of nitrogen functional groups attached to an aromatic ring is 1. The lowest BCUT2D eigenvalue weighted by Gasteiger charge is -1.92. The average Bonchev–Trinajstić information content (AvgIpc) is 2.30. The fraction of sp³-hybridized carbons (Fsp3) is 0.385. The Morgan fingerprint density at radius 2 is 2.00 bits per heavy atom. The number of unbranched alkanes of at least 4 members (excludes halogenated alkanes) is 2. The summed E-state index contributed by atoms with van der Waals surface area (Å²) in [5.74, 6) is -0.682. The summed E-state index contributed by atoms with van der Waals surface area (Å²) in [7, 11) is 0. The van der Waals surface area contributed by atoms with Crippen molar-refractivity contribution in [2.45, 2.75) is 32.6 Å². The van der Waals surface area contributed by atoms with Gasteiger partial charge in [0.05, 0.1) is 0 Å². The Kier molecular flexibility index (Phi) is 8.37. The smallest absolute Gasteiger partial charge is 0.303 e. The number of benzene rings is 1. The van der Waals surface area contributed by atoms with Crippen molar-refractivity contribution in [3.05, 3.63) is 29.8 Å². The maximum absolute atomic E-state index is 10.1. The number of nitrogens with two attached hydrogens (primary N) is 1. The molecule has 17 heavy (non-hydrogen) atoms. The van der Waals surface area contributed by atoms with Gasteiger partial charge in [-0.3, -0.25) is 9.59 Å². The summed E-state index contributed by atoms with van der Waals surface area (Å²) in [6, 6.07) is 6.95. The Balaban J connectivity index is 0.000000304. The van der Waals surface area contributed by atoms with Crippen molar-refractivity contribution < 1.29 is 14.7 Å². The van der Waals surface area contributed by atoms with E-state index in [1.165, 1.54) is 0 Å². The standard InChI is InChI=1S/C7H7NO.C6H12O2/c8-7-4-2-1-3-6(7)5-9;1-2-3-4-5-6(7)8/h1-5H,8H2;2-5H2,1H3,(H,7,8). The van der Waals surface area contributed by atoms with E-state index in [2.05, 4.69) is 6.92 Å². The van der Waals surface area contributed by atoms with Gasteiger partial charge in [0, 0.05) is 17.7 Å². The van der Waals surface area contributed by atoms with Gasteiger partial charge in [-0.05, 0) is 18.6 Å². The fourth-order valence-electron chi connectivity index (χ4n) is 1.14. The van der Waals surface area contributed by atoms with E-state index < -0.39 is 5.97 Å². The maximum Gasteiger partial charge on any atom is 0.303 e. The van der Waals surface area contributed by atoms with Crippen LogP contribution in [0, 0.1) is 0 Å². The van der Waals surface area contributed by atoms with Crippen molar-refractivity contribution >= 4 is 17.9 Å². The summed E-state index contributed by atoms with van der Waals surface area (Å²) >= 11 is 0. The minimum Gasteiger partial charge on any atom is -0.481 e. The van der Waals surface area contributed by atoms with Crippen LogP contribution in [0.3, 0.4) is 0 Å². The number of anilines is 1. The minimum atomic E-state index is -0.682. The first kappa shape index (κ1) is 15.2. The number of para-hydroxylation sites is 1. The van der Waals surface area contributed by atoms with Gasteiger partial charge in [0.2, 0.25) is 0 Å². The van der Waals surface area contributed by atoms with Crippen LogP contribution in [0.15, 0.2) is 24.3 Å². The molecule has 0 radical (unpaired) electrons. The molecular formula is C13H19NO3. The molecule has 0 bridgehead atoms. The molecule has 4 heteroatoms. The van der Waals surface area contributed by atoms with Gasteiger partial charge in [-0.25, -0.2) is 0 Å². The van der Waals surface area contributed by atoms with Gasteiger partial charge in [0.25, 0.3) is 0 Å². The van der Waals surface area contributed by atoms with Crippen LogP contribution in [0.1, 0.15) is 43.0 Å². The molecule has 3 N–H and O–H groups in total. The first-order valence-electron chi connectivity index (χ1n) is 5.63. The monoisotopic (exact) mass is 237 g/mol. The Morgan fingerprint density at radius 1 is 1.35 bits per heavy atom. The van der Waals surface area contributed by atoms with E-state index in [0.29, 0.717) is 17.7 Å². The second-order valence-corrected chi connectivity index (χ2v) is 3.60. The Labute approximate surface area is 101 Å². The number of hydrogen-bond acceptors (Lipinski definition) is 3. The number of aliphatic carboxylic acids is 1. The third-order valence-electron chi connectivity index (χ3n) is 2.12. The molecule has 0 atom stereocenters. The Morgan fingerprint density at radius 3 is 2.41 bits per heavy atom. The molecular weight excluding hydrogens is 218 g/mol. The third kappa shape index (κ3) is 8.02. The van der Waals surface area contributed by atoms with Gasteiger partial charge in [-0.1, -0.05) is 31.9 Å². The van der Waals surface area contributed by atoms with E-state index in [4.69, 9.17) is 10.8 Å². The second-order valence-electron chi connectivity index (χ2n) is 3.60. The highest BCUT2D eigenvalue weighted by molar-refractivity contribution is 5.82. The number of carbonyl (C=O) groups excluding carboxylic acids is 1. The molecule has 1 aromatic rings. The molecule has 0 saturated heterocycles. The van der Waals surface area contributed by atoms with E-state index in [9.17, 15) is 9.59 Å². The number of hydrogen-bond donors (Lipinski definition) is 2. The number of aldehydes is 1. The Bertz CT molecular complexity index is 350. The molecule has 0 aliphatic rings. The summed E-state index contributed by atoms with van der Waals surface area (Å²) in [4.78, 5) is 20.0. The lowest BCUT2D eigenvalue weighted by molar-refractivity contribution is -0.137. The van der Waals surface area contributed by atoms with Crippen LogP contribution in [0.25, 0.3) is 0 Å². The zero-order chi connectivity index (χ0) is 13.1. The molecule has 0 aliphatic heterocycles. The molecule has 0 amide bonds. The van der Waals surface area contributed by atoms with Crippen molar-refractivity contribution in [2.75, 3.05) is 5.73 Å². The van der Waals surface area contributed by atoms with Crippen molar-refractivity contribution in [1.29, 1.82) is 0 Å². The van der Waals surface area contributed by atoms with E-state index in [0.717, 1.165) is 25.5 Å². The number of carboxylic acids is 1. The SMILES string of the molecule is CCCCCC(=O)O.Nc1ccccc1C=O. The Hall–Kier alpha value is -1.84. The van der Waals surface area contributed by atoms with Crippen molar-refractivity contribution in [2.24, 2.45) is 0 Å². The minimum absolute atomic E-state index is 0.327. The van der Waals surface area contributed by atoms with Crippen LogP contribution >= 0.6 is 0 Å². The van der Waals surface area contributed by atoms with Gasteiger partial charge < -0.3 is 10.8 Å². The molecule has 0 heterocycles. The molecule has 0 spiro atoms. The van der Waals surface area contributed by atoms with Crippen LogP contribution in [-0.4, -0.2) is 17.4 Å². The van der Waals surface area contributed by atoms with Gasteiger partial charge in [0.1, 0.15) is 0 Å². The lowest BCUT2D eigenvalue weighted by atomic mass is 10.2. The fourth-order valence-corrected chi connectivity index (χ4v) is 1.14. The molecule has 0 aliphatic carbocycles. The summed E-state index contributed by atoms with van der Waals surface area (Å²) in [6.45, 7) is 2.06. The first-order chi connectivity index (χ1) is 8.11. The lowest BCUT2D eigenvalue weighted by Crippen LogP contribution is -1.92. The highest BCUT2D eigenvalue weighted by Gasteiger charge is 1.92. The van der Waals surface area contributed by atoms with Gasteiger partial charge in [-0.2, -0.15) is 0 Å².